The van der Waals surface area contributed by atoms with Crippen molar-refractivity contribution < 1.29 is 0 Å². The number of para-hydroxylation sites is 1. The smallest absolute Gasteiger partial charge is 0.208 e. The summed E-state index contributed by atoms with van der Waals surface area (Å²) in [5, 5.41) is 5.56. The molecular weight excluding hydrogens is 278 g/mol. The van der Waals surface area contributed by atoms with Crippen LogP contribution in [0.1, 0.15) is 30.0 Å². The molecule has 0 fully saturated rings. The van der Waals surface area contributed by atoms with Crippen molar-refractivity contribution in [3.63, 3.8) is 0 Å². The zero-order chi connectivity index (χ0) is 14.7. The van der Waals surface area contributed by atoms with E-state index in [1.807, 2.05) is 25.1 Å². The van der Waals surface area contributed by atoms with Crippen molar-refractivity contribution in [2.24, 2.45) is 0 Å². The van der Waals surface area contributed by atoms with Crippen LogP contribution in [-0.4, -0.2) is 9.55 Å². The maximum Gasteiger partial charge on any atom is 0.208 e. The number of aromatic nitrogens is 2. The summed E-state index contributed by atoms with van der Waals surface area (Å²) in [6, 6.07) is 14.8. The van der Waals surface area contributed by atoms with Gasteiger partial charge in [0.05, 0.1) is 11.7 Å². The molecule has 2 heterocycles. The zero-order valence-electron chi connectivity index (χ0n) is 12.3. The van der Waals surface area contributed by atoms with Gasteiger partial charge < -0.3 is 9.88 Å². The van der Waals surface area contributed by atoms with Gasteiger partial charge in [0.2, 0.25) is 5.95 Å². The lowest BCUT2D eigenvalue weighted by Gasteiger charge is -2.18. The monoisotopic (exact) mass is 297 g/mol. The van der Waals surface area contributed by atoms with Crippen LogP contribution in [-0.2, 0) is 0 Å². The summed E-state index contributed by atoms with van der Waals surface area (Å²) in [5.74, 6) is 0.902. The second-order valence-corrected chi connectivity index (χ2v) is 6.02. The lowest BCUT2D eigenvalue weighted by Crippen LogP contribution is -2.10. The van der Waals surface area contributed by atoms with Gasteiger partial charge in [0.25, 0.3) is 0 Å². The van der Waals surface area contributed by atoms with Gasteiger partial charge in [0.15, 0.2) is 0 Å². The third kappa shape index (κ3) is 3.00. The highest BCUT2D eigenvalue weighted by Crippen LogP contribution is 2.30. The van der Waals surface area contributed by atoms with Gasteiger partial charge in [0, 0.05) is 16.8 Å². The fourth-order valence-electron chi connectivity index (χ4n) is 2.51. The quantitative estimate of drug-likeness (QED) is 0.718. The Bertz CT molecular complexity index is 686. The van der Waals surface area contributed by atoms with Crippen molar-refractivity contribution in [1.82, 2.24) is 9.55 Å². The fourth-order valence-corrected chi connectivity index (χ4v) is 3.42. The van der Waals surface area contributed by atoms with E-state index in [2.05, 4.69) is 57.6 Å². The first-order chi connectivity index (χ1) is 10.3. The van der Waals surface area contributed by atoms with Crippen molar-refractivity contribution >= 4 is 23.0 Å². The van der Waals surface area contributed by atoms with Gasteiger partial charge in [-0.25, -0.2) is 4.98 Å². The minimum Gasteiger partial charge on any atom is -0.326 e. The molecule has 0 saturated carbocycles. The summed E-state index contributed by atoms with van der Waals surface area (Å²) in [6.45, 7) is 4.25. The molecule has 0 aliphatic rings. The molecule has 1 atom stereocenters. The number of thiophene rings is 1. The number of aryl methyl sites for hydroxylation is 1. The maximum absolute atomic E-state index is 4.64. The highest BCUT2D eigenvalue weighted by Gasteiger charge is 2.17. The molecule has 3 nitrogen and oxygen atoms in total. The number of anilines is 2. The molecule has 4 heteroatoms. The summed E-state index contributed by atoms with van der Waals surface area (Å²) in [4.78, 5) is 6.01. The van der Waals surface area contributed by atoms with E-state index in [0.717, 1.165) is 23.8 Å². The van der Waals surface area contributed by atoms with Crippen LogP contribution in [0.25, 0.3) is 0 Å². The van der Waals surface area contributed by atoms with Crippen molar-refractivity contribution in [2.75, 3.05) is 5.32 Å². The van der Waals surface area contributed by atoms with Crippen LogP contribution in [0.2, 0.25) is 0 Å². The van der Waals surface area contributed by atoms with E-state index in [1.165, 1.54) is 4.88 Å². The Kier molecular flexibility index (Phi) is 4.06. The molecule has 21 heavy (non-hydrogen) atoms. The predicted molar refractivity (Wildman–Crippen MR) is 89.4 cm³/mol. The standard InChI is InChI=1S/C17H19N3S/c1-3-15(16-10-7-11-21-16)20-12-13(2)18-17(20)19-14-8-5-4-6-9-14/h4-12,15H,3H2,1-2H3,(H,18,19). The molecule has 2 aromatic heterocycles. The van der Waals surface area contributed by atoms with Crippen LogP contribution in [0.4, 0.5) is 11.6 Å². The molecule has 0 saturated heterocycles. The predicted octanol–water partition coefficient (Wildman–Crippen LogP) is 5.00. The molecule has 1 aromatic carbocycles. The SMILES string of the molecule is CCC(c1cccs1)n1cc(C)nc1Nc1ccccc1. The molecule has 0 aliphatic carbocycles. The summed E-state index contributed by atoms with van der Waals surface area (Å²) >= 11 is 1.80. The molecule has 3 rings (SSSR count). The number of nitrogens with one attached hydrogen (secondary N) is 1. The zero-order valence-corrected chi connectivity index (χ0v) is 13.1. The van der Waals surface area contributed by atoms with Gasteiger partial charge in [-0.1, -0.05) is 31.2 Å². The van der Waals surface area contributed by atoms with Crippen LogP contribution in [0.5, 0.6) is 0 Å². The number of hydrogen-bond donors (Lipinski definition) is 1. The molecule has 1 N–H and O–H groups in total. The number of hydrogen-bond acceptors (Lipinski definition) is 3. The van der Waals surface area contributed by atoms with Gasteiger partial charge in [-0.15, -0.1) is 11.3 Å². The molecule has 0 aliphatic heterocycles. The third-order valence-electron chi connectivity index (χ3n) is 3.48. The molecule has 0 bridgehead atoms. The number of benzene rings is 1. The van der Waals surface area contributed by atoms with Crippen LogP contribution >= 0.6 is 11.3 Å². The van der Waals surface area contributed by atoms with Crippen LogP contribution < -0.4 is 5.32 Å². The normalized spacial score (nSPS) is 12.3. The van der Waals surface area contributed by atoms with Gasteiger partial charge in [-0.3, -0.25) is 0 Å². The molecule has 108 valence electrons. The molecular formula is C17H19N3S. The Morgan fingerprint density at radius 3 is 2.67 bits per heavy atom. The van der Waals surface area contributed by atoms with Crippen molar-refractivity contribution in [3.05, 3.63) is 64.6 Å². The first kappa shape index (κ1) is 13.9. The van der Waals surface area contributed by atoms with Crippen molar-refractivity contribution in [2.45, 2.75) is 26.3 Å². The summed E-state index contributed by atoms with van der Waals surface area (Å²) in [6.07, 6.45) is 3.17. The summed E-state index contributed by atoms with van der Waals surface area (Å²) in [5.41, 5.74) is 2.09. The second-order valence-electron chi connectivity index (χ2n) is 5.04. The van der Waals surface area contributed by atoms with Gasteiger partial charge >= 0.3 is 0 Å². The van der Waals surface area contributed by atoms with E-state index in [9.17, 15) is 0 Å². The minimum absolute atomic E-state index is 0.331. The lowest BCUT2D eigenvalue weighted by molar-refractivity contribution is 0.582. The average Bonchev–Trinajstić information content (AvgIpc) is 3.12. The highest BCUT2D eigenvalue weighted by molar-refractivity contribution is 7.10. The van der Waals surface area contributed by atoms with Crippen LogP contribution in [0.15, 0.2) is 54.0 Å². The number of nitrogens with zero attached hydrogens (tertiary/aromatic N) is 2. The molecule has 0 amide bonds. The minimum atomic E-state index is 0.331. The Morgan fingerprint density at radius 1 is 1.19 bits per heavy atom. The topological polar surface area (TPSA) is 29.9 Å². The first-order valence-electron chi connectivity index (χ1n) is 7.19. The third-order valence-corrected chi connectivity index (χ3v) is 4.45. The maximum atomic E-state index is 4.64. The van der Waals surface area contributed by atoms with Crippen molar-refractivity contribution in [3.8, 4) is 0 Å². The number of rotatable bonds is 5. The Hall–Kier alpha value is -2.07. The van der Waals surface area contributed by atoms with Gasteiger partial charge in [0.1, 0.15) is 0 Å². The molecule has 0 spiro atoms. The van der Waals surface area contributed by atoms with Gasteiger partial charge in [-0.05, 0) is 36.9 Å². The Balaban J connectivity index is 1.95. The second kappa shape index (κ2) is 6.14. The highest BCUT2D eigenvalue weighted by atomic mass is 32.1. The van der Waals surface area contributed by atoms with Crippen molar-refractivity contribution in [1.29, 1.82) is 0 Å². The lowest BCUT2D eigenvalue weighted by atomic mass is 10.2. The van der Waals surface area contributed by atoms with Gasteiger partial charge in [-0.2, -0.15) is 0 Å². The molecule has 3 aromatic rings. The van der Waals surface area contributed by atoms with E-state index in [1.54, 1.807) is 11.3 Å². The Labute approximate surface area is 129 Å². The van der Waals surface area contributed by atoms with E-state index in [4.69, 9.17) is 0 Å². The fraction of sp³-hybridized carbons (Fsp3) is 0.235. The van der Waals surface area contributed by atoms with E-state index < -0.39 is 0 Å². The Morgan fingerprint density at radius 2 is 2.00 bits per heavy atom. The van der Waals surface area contributed by atoms with E-state index >= 15 is 0 Å². The van der Waals surface area contributed by atoms with Crippen LogP contribution in [0.3, 0.4) is 0 Å². The number of imidazole rings is 1. The average molecular weight is 297 g/mol. The van der Waals surface area contributed by atoms with E-state index in [0.29, 0.717) is 6.04 Å². The first-order valence-corrected chi connectivity index (χ1v) is 8.07. The van der Waals surface area contributed by atoms with Crippen LogP contribution in [0, 0.1) is 6.92 Å². The summed E-state index contributed by atoms with van der Waals surface area (Å²) < 4.78 is 2.24. The summed E-state index contributed by atoms with van der Waals surface area (Å²) in [7, 11) is 0. The van der Waals surface area contributed by atoms with E-state index in [-0.39, 0.29) is 0 Å². The molecule has 0 radical (unpaired) electrons. The largest absolute Gasteiger partial charge is 0.326 e. The molecule has 1 unspecified atom stereocenters.